The molecule has 0 radical (unpaired) electrons. The Bertz CT molecular complexity index is 703. The summed E-state index contributed by atoms with van der Waals surface area (Å²) in [6.45, 7) is 6.20. The highest BCUT2D eigenvalue weighted by atomic mass is 32.2. The SMILES string of the molecule is CCNC(=NCCSc1ccc(F)cc1)NC1CCN(S(=O)(=O)CC)CC1. The molecular weight excluding hydrogens is 387 g/mol. The summed E-state index contributed by atoms with van der Waals surface area (Å²) in [6, 6.07) is 6.68. The number of nitrogens with one attached hydrogen (secondary N) is 2. The molecule has 1 saturated heterocycles. The fraction of sp³-hybridized carbons (Fsp3) is 0.611. The summed E-state index contributed by atoms with van der Waals surface area (Å²) in [4.78, 5) is 5.61. The van der Waals surface area contributed by atoms with Crippen LogP contribution in [0.25, 0.3) is 0 Å². The van der Waals surface area contributed by atoms with Gasteiger partial charge < -0.3 is 10.6 Å². The molecule has 2 rings (SSSR count). The van der Waals surface area contributed by atoms with E-state index in [0.717, 1.165) is 36.0 Å². The lowest BCUT2D eigenvalue weighted by Gasteiger charge is -2.32. The third kappa shape index (κ3) is 7.31. The predicted octanol–water partition coefficient (Wildman–Crippen LogP) is 2.29. The van der Waals surface area contributed by atoms with Crippen LogP contribution in [-0.2, 0) is 10.0 Å². The number of rotatable bonds is 8. The van der Waals surface area contributed by atoms with Crippen LogP contribution in [0.15, 0.2) is 34.2 Å². The van der Waals surface area contributed by atoms with Crippen molar-refractivity contribution in [1.82, 2.24) is 14.9 Å². The Balaban J connectivity index is 1.79. The van der Waals surface area contributed by atoms with Crippen molar-refractivity contribution in [2.24, 2.45) is 4.99 Å². The van der Waals surface area contributed by atoms with Gasteiger partial charge in [0.25, 0.3) is 0 Å². The number of hydrogen-bond acceptors (Lipinski definition) is 4. The van der Waals surface area contributed by atoms with Gasteiger partial charge in [-0.1, -0.05) is 0 Å². The van der Waals surface area contributed by atoms with E-state index < -0.39 is 10.0 Å². The van der Waals surface area contributed by atoms with Gasteiger partial charge in [-0.3, -0.25) is 4.99 Å². The highest BCUT2D eigenvalue weighted by Gasteiger charge is 2.26. The van der Waals surface area contributed by atoms with E-state index >= 15 is 0 Å². The van der Waals surface area contributed by atoms with Crippen LogP contribution in [0.1, 0.15) is 26.7 Å². The number of thioether (sulfide) groups is 1. The fourth-order valence-electron chi connectivity index (χ4n) is 2.83. The Morgan fingerprint density at radius 2 is 1.93 bits per heavy atom. The number of halogens is 1. The Morgan fingerprint density at radius 3 is 2.52 bits per heavy atom. The van der Waals surface area contributed by atoms with Gasteiger partial charge in [0.15, 0.2) is 5.96 Å². The molecular formula is C18H29FN4O2S2. The largest absolute Gasteiger partial charge is 0.357 e. The molecule has 2 N–H and O–H groups in total. The number of benzene rings is 1. The first kappa shape index (κ1) is 22.0. The summed E-state index contributed by atoms with van der Waals surface area (Å²) in [7, 11) is -3.10. The topological polar surface area (TPSA) is 73.8 Å². The van der Waals surface area contributed by atoms with Crippen molar-refractivity contribution in [3.05, 3.63) is 30.1 Å². The number of guanidine groups is 1. The van der Waals surface area contributed by atoms with Crippen molar-refractivity contribution in [3.63, 3.8) is 0 Å². The Labute approximate surface area is 166 Å². The summed E-state index contributed by atoms with van der Waals surface area (Å²) in [5.41, 5.74) is 0. The zero-order valence-corrected chi connectivity index (χ0v) is 17.6. The van der Waals surface area contributed by atoms with E-state index in [1.807, 2.05) is 6.92 Å². The summed E-state index contributed by atoms with van der Waals surface area (Å²) in [6.07, 6.45) is 1.54. The first-order valence-electron chi connectivity index (χ1n) is 9.35. The van der Waals surface area contributed by atoms with E-state index in [0.29, 0.717) is 19.6 Å². The smallest absolute Gasteiger partial charge is 0.213 e. The minimum atomic E-state index is -3.10. The minimum absolute atomic E-state index is 0.154. The lowest BCUT2D eigenvalue weighted by atomic mass is 10.1. The molecule has 0 aromatic heterocycles. The van der Waals surface area contributed by atoms with Gasteiger partial charge in [-0.2, -0.15) is 0 Å². The van der Waals surface area contributed by atoms with Crippen LogP contribution in [0.2, 0.25) is 0 Å². The van der Waals surface area contributed by atoms with Crippen molar-refractivity contribution in [2.75, 3.05) is 37.7 Å². The molecule has 27 heavy (non-hydrogen) atoms. The third-order valence-electron chi connectivity index (χ3n) is 4.34. The fourth-order valence-corrected chi connectivity index (χ4v) is 4.71. The van der Waals surface area contributed by atoms with Gasteiger partial charge in [0, 0.05) is 36.3 Å². The van der Waals surface area contributed by atoms with E-state index in [-0.39, 0.29) is 17.6 Å². The summed E-state index contributed by atoms with van der Waals surface area (Å²) < 4.78 is 38.4. The second-order valence-electron chi connectivity index (χ2n) is 6.28. The molecule has 1 aliphatic heterocycles. The van der Waals surface area contributed by atoms with E-state index in [9.17, 15) is 12.8 Å². The summed E-state index contributed by atoms with van der Waals surface area (Å²) in [5.74, 6) is 1.49. The van der Waals surface area contributed by atoms with Crippen molar-refractivity contribution >= 4 is 27.7 Å². The average Bonchev–Trinajstić information content (AvgIpc) is 2.67. The maximum absolute atomic E-state index is 12.9. The van der Waals surface area contributed by atoms with Gasteiger partial charge in [0.1, 0.15) is 5.82 Å². The number of hydrogen-bond donors (Lipinski definition) is 2. The molecule has 1 fully saturated rings. The van der Waals surface area contributed by atoms with E-state index in [4.69, 9.17) is 0 Å². The molecule has 0 unspecified atom stereocenters. The maximum atomic E-state index is 12.9. The number of nitrogens with zero attached hydrogens (tertiary/aromatic N) is 2. The summed E-state index contributed by atoms with van der Waals surface area (Å²) >= 11 is 1.64. The molecule has 1 aromatic rings. The lowest BCUT2D eigenvalue weighted by Crippen LogP contribution is -2.50. The highest BCUT2D eigenvalue weighted by Crippen LogP contribution is 2.18. The van der Waals surface area contributed by atoms with Crippen LogP contribution >= 0.6 is 11.8 Å². The number of aliphatic imine (C=N–C) groups is 1. The molecule has 1 aromatic carbocycles. The normalized spacial score (nSPS) is 17.1. The highest BCUT2D eigenvalue weighted by molar-refractivity contribution is 7.99. The van der Waals surface area contributed by atoms with Gasteiger partial charge in [0.2, 0.25) is 10.0 Å². The van der Waals surface area contributed by atoms with Gasteiger partial charge in [-0.25, -0.2) is 17.1 Å². The first-order chi connectivity index (χ1) is 12.9. The zero-order chi connectivity index (χ0) is 19.7. The van der Waals surface area contributed by atoms with Gasteiger partial charge in [-0.05, 0) is 51.0 Å². The molecule has 0 saturated carbocycles. The summed E-state index contributed by atoms with van der Waals surface area (Å²) in [5, 5.41) is 6.65. The second kappa shape index (κ2) is 10.9. The monoisotopic (exact) mass is 416 g/mol. The van der Waals surface area contributed by atoms with Crippen LogP contribution in [0, 0.1) is 5.82 Å². The number of sulfonamides is 1. The molecule has 1 heterocycles. The van der Waals surface area contributed by atoms with E-state index in [1.165, 1.54) is 12.1 Å². The Morgan fingerprint density at radius 1 is 1.26 bits per heavy atom. The number of piperidine rings is 1. The molecule has 0 atom stereocenters. The third-order valence-corrected chi connectivity index (χ3v) is 7.21. The second-order valence-corrected chi connectivity index (χ2v) is 9.71. The van der Waals surface area contributed by atoms with Crippen LogP contribution in [-0.4, -0.2) is 62.4 Å². The predicted molar refractivity (Wildman–Crippen MR) is 110 cm³/mol. The van der Waals surface area contributed by atoms with Crippen molar-refractivity contribution in [2.45, 2.75) is 37.6 Å². The minimum Gasteiger partial charge on any atom is -0.357 e. The Hall–Kier alpha value is -1.32. The van der Waals surface area contributed by atoms with Gasteiger partial charge in [0.05, 0.1) is 12.3 Å². The van der Waals surface area contributed by atoms with Crippen LogP contribution in [0.4, 0.5) is 4.39 Å². The van der Waals surface area contributed by atoms with Crippen LogP contribution in [0.5, 0.6) is 0 Å². The zero-order valence-electron chi connectivity index (χ0n) is 15.9. The standard InChI is InChI=1S/C18H29FN4O2S2/c1-3-20-18(21-11-14-26-17-7-5-15(19)6-8-17)22-16-9-12-23(13-10-16)27(24,25)4-2/h5-8,16H,3-4,9-14H2,1-2H3,(H2,20,21,22). The quantitative estimate of drug-likeness (QED) is 0.294. The molecule has 6 nitrogen and oxygen atoms in total. The van der Waals surface area contributed by atoms with Crippen molar-refractivity contribution in [3.8, 4) is 0 Å². The van der Waals surface area contributed by atoms with Crippen LogP contribution < -0.4 is 10.6 Å². The Kier molecular flexibility index (Phi) is 8.85. The van der Waals surface area contributed by atoms with Gasteiger partial charge >= 0.3 is 0 Å². The van der Waals surface area contributed by atoms with Crippen LogP contribution in [0.3, 0.4) is 0 Å². The molecule has 0 spiro atoms. The maximum Gasteiger partial charge on any atom is 0.213 e. The van der Waals surface area contributed by atoms with Gasteiger partial charge in [-0.15, -0.1) is 11.8 Å². The average molecular weight is 417 g/mol. The van der Waals surface area contributed by atoms with E-state index in [2.05, 4.69) is 15.6 Å². The molecule has 9 heteroatoms. The molecule has 152 valence electrons. The molecule has 1 aliphatic rings. The molecule has 0 aliphatic carbocycles. The van der Waals surface area contributed by atoms with Crippen molar-refractivity contribution in [1.29, 1.82) is 0 Å². The first-order valence-corrected chi connectivity index (χ1v) is 11.9. The molecule has 0 bridgehead atoms. The molecule has 0 amide bonds. The van der Waals surface area contributed by atoms with Crippen molar-refractivity contribution < 1.29 is 12.8 Å². The lowest BCUT2D eigenvalue weighted by molar-refractivity contribution is 0.306. The van der Waals surface area contributed by atoms with E-state index in [1.54, 1.807) is 35.1 Å².